The van der Waals surface area contributed by atoms with Crippen molar-refractivity contribution in [2.45, 2.75) is 32.7 Å². The smallest absolute Gasteiger partial charge is 0.409 e. The summed E-state index contributed by atoms with van der Waals surface area (Å²) in [6, 6.07) is 5.20. The van der Waals surface area contributed by atoms with Gasteiger partial charge in [-0.1, -0.05) is 13.8 Å². The zero-order valence-corrected chi connectivity index (χ0v) is 14.6. The number of hydrogen-bond donors (Lipinski definition) is 1. The Bertz CT molecular complexity index is 638. The molecule has 1 aromatic carbocycles. The van der Waals surface area contributed by atoms with E-state index in [9.17, 15) is 9.59 Å². The normalized spacial score (nSPS) is 16.8. The molecular weight excluding hydrogens is 324 g/mol. The Morgan fingerprint density at radius 2 is 1.96 bits per heavy atom. The van der Waals surface area contributed by atoms with Gasteiger partial charge in [-0.05, 0) is 37.0 Å². The average molecular weight is 348 g/mol. The highest BCUT2D eigenvalue weighted by atomic mass is 16.7. The number of piperidine rings is 1. The van der Waals surface area contributed by atoms with Gasteiger partial charge < -0.3 is 24.4 Å². The van der Waals surface area contributed by atoms with E-state index in [0.717, 1.165) is 0 Å². The molecule has 0 saturated carbocycles. The van der Waals surface area contributed by atoms with Crippen molar-refractivity contribution < 1.29 is 23.8 Å². The third kappa shape index (κ3) is 4.35. The zero-order valence-electron chi connectivity index (χ0n) is 14.6. The molecule has 2 aliphatic rings. The van der Waals surface area contributed by atoms with Crippen molar-refractivity contribution in [3.63, 3.8) is 0 Å². The highest BCUT2D eigenvalue weighted by Gasteiger charge is 2.25. The molecule has 0 aromatic heterocycles. The van der Waals surface area contributed by atoms with E-state index in [4.69, 9.17) is 14.2 Å². The summed E-state index contributed by atoms with van der Waals surface area (Å²) in [5.41, 5.74) is 0.544. The molecule has 0 radical (unpaired) electrons. The number of carbonyl (C=O) groups excluding carboxylic acids is 2. The molecular formula is C18H24N2O5. The molecule has 1 fully saturated rings. The molecule has 0 unspecified atom stereocenters. The topological polar surface area (TPSA) is 77.1 Å². The minimum Gasteiger partial charge on any atom is -0.454 e. The van der Waals surface area contributed by atoms with Gasteiger partial charge >= 0.3 is 6.09 Å². The Morgan fingerprint density at radius 1 is 1.24 bits per heavy atom. The van der Waals surface area contributed by atoms with E-state index in [2.05, 4.69) is 5.32 Å². The quantitative estimate of drug-likeness (QED) is 0.904. The molecule has 0 aliphatic carbocycles. The minimum atomic E-state index is -0.269. The van der Waals surface area contributed by atoms with E-state index in [1.807, 2.05) is 13.8 Å². The summed E-state index contributed by atoms with van der Waals surface area (Å²) in [6.45, 7) is 5.80. The van der Waals surface area contributed by atoms with Crippen molar-refractivity contribution in [2.75, 3.05) is 26.5 Å². The minimum absolute atomic E-state index is 0.0482. The number of carbonyl (C=O) groups is 2. The van der Waals surface area contributed by atoms with E-state index in [-0.39, 0.29) is 24.8 Å². The van der Waals surface area contributed by atoms with Crippen molar-refractivity contribution in [3.05, 3.63) is 23.8 Å². The van der Waals surface area contributed by atoms with Crippen LogP contribution in [0.5, 0.6) is 11.5 Å². The molecule has 7 heteroatoms. The Kier molecular flexibility index (Phi) is 5.31. The monoisotopic (exact) mass is 348 g/mol. The Labute approximate surface area is 147 Å². The predicted octanol–water partition coefficient (Wildman–Crippen LogP) is 2.40. The lowest BCUT2D eigenvalue weighted by atomic mass is 10.0. The molecule has 2 aliphatic heterocycles. The first-order valence-electron chi connectivity index (χ1n) is 8.65. The summed E-state index contributed by atoms with van der Waals surface area (Å²) in [5, 5.41) is 3.02. The maximum absolute atomic E-state index is 12.4. The van der Waals surface area contributed by atoms with E-state index < -0.39 is 0 Å². The number of benzene rings is 1. The van der Waals surface area contributed by atoms with Gasteiger partial charge in [-0.15, -0.1) is 0 Å². The number of nitrogens with zero attached hydrogens (tertiary/aromatic N) is 1. The zero-order chi connectivity index (χ0) is 17.8. The number of rotatable bonds is 4. The van der Waals surface area contributed by atoms with Gasteiger partial charge in [-0.25, -0.2) is 4.79 Å². The maximum atomic E-state index is 12.4. The van der Waals surface area contributed by atoms with Gasteiger partial charge in [0.1, 0.15) is 0 Å². The van der Waals surface area contributed by atoms with E-state index >= 15 is 0 Å². The largest absolute Gasteiger partial charge is 0.454 e. The molecule has 25 heavy (non-hydrogen) atoms. The number of hydrogen-bond acceptors (Lipinski definition) is 5. The van der Waals surface area contributed by atoms with Crippen LogP contribution in [-0.2, 0) is 4.74 Å². The SMILES string of the molecule is CC(C)COC(=O)N1CCC(NC(=O)c2ccc3c(c2)OCO3)CC1. The van der Waals surface area contributed by atoms with Crippen molar-refractivity contribution in [2.24, 2.45) is 5.92 Å². The van der Waals surface area contributed by atoms with Crippen LogP contribution in [0.2, 0.25) is 0 Å². The molecule has 3 rings (SSSR count). The molecule has 0 spiro atoms. The molecule has 7 nitrogen and oxygen atoms in total. The first-order valence-corrected chi connectivity index (χ1v) is 8.65. The van der Waals surface area contributed by atoms with Gasteiger partial charge in [0.15, 0.2) is 11.5 Å². The van der Waals surface area contributed by atoms with Gasteiger partial charge in [-0.3, -0.25) is 4.79 Å². The third-order valence-electron chi connectivity index (χ3n) is 4.26. The second-order valence-corrected chi connectivity index (χ2v) is 6.77. The number of ether oxygens (including phenoxy) is 3. The summed E-state index contributed by atoms with van der Waals surface area (Å²) < 4.78 is 15.8. The van der Waals surface area contributed by atoms with Crippen molar-refractivity contribution >= 4 is 12.0 Å². The summed E-state index contributed by atoms with van der Waals surface area (Å²) in [7, 11) is 0. The van der Waals surface area contributed by atoms with Gasteiger partial charge in [0, 0.05) is 24.7 Å². The summed E-state index contributed by atoms with van der Waals surface area (Å²) in [4.78, 5) is 26.0. The third-order valence-corrected chi connectivity index (χ3v) is 4.26. The lowest BCUT2D eigenvalue weighted by Crippen LogP contribution is -2.46. The molecule has 1 N–H and O–H groups in total. The Balaban J connectivity index is 1.47. The lowest BCUT2D eigenvalue weighted by molar-refractivity contribution is 0.0785. The number of amides is 2. The van der Waals surface area contributed by atoms with Crippen molar-refractivity contribution in [3.8, 4) is 11.5 Å². The van der Waals surface area contributed by atoms with Crippen molar-refractivity contribution in [1.82, 2.24) is 10.2 Å². The van der Waals surface area contributed by atoms with Crippen LogP contribution >= 0.6 is 0 Å². The molecule has 1 saturated heterocycles. The second kappa shape index (κ2) is 7.63. The number of likely N-dealkylation sites (tertiary alicyclic amines) is 1. The number of fused-ring (bicyclic) bond motifs is 1. The highest BCUT2D eigenvalue weighted by Crippen LogP contribution is 2.32. The van der Waals surface area contributed by atoms with Crippen LogP contribution in [0.25, 0.3) is 0 Å². The molecule has 136 valence electrons. The molecule has 1 aromatic rings. The first kappa shape index (κ1) is 17.4. The van der Waals surface area contributed by atoms with E-state index in [1.165, 1.54) is 0 Å². The summed E-state index contributed by atoms with van der Waals surface area (Å²) in [5.74, 6) is 1.43. The van der Waals surface area contributed by atoms with Crippen LogP contribution in [-0.4, -0.2) is 49.4 Å². The highest BCUT2D eigenvalue weighted by molar-refractivity contribution is 5.95. The average Bonchev–Trinajstić information content (AvgIpc) is 3.08. The Morgan fingerprint density at radius 3 is 2.68 bits per heavy atom. The van der Waals surface area contributed by atoms with Crippen LogP contribution in [0.1, 0.15) is 37.0 Å². The lowest BCUT2D eigenvalue weighted by Gasteiger charge is -2.31. The fraction of sp³-hybridized carbons (Fsp3) is 0.556. The van der Waals surface area contributed by atoms with Crippen LogP contribution < -0.4 is 14.8 Å². The predicted molar refractivity (Wildman–Crippen MR) is 90.8 cm³/mol. The fourth-order valence-corrected chi connectivity index (χ4v) is 2.84. The van der Waals surface area contributed by atoms with E-state index in [1.54, 1.807) is 23.1 Å². The first-order chi connectivity index (χ1) is 12.0. The molecule has 0 bridgehead atoms. The Hall–Kier alpha value is -2.44. The molecule has 2 amide bonds. The van der Waals surface area contributed by atoms with Gasteiger partial charge in [-0.2, -0.15) is 0 Å². The van der Waals surface area contributed by atoms with Crippen LogP contribution in [0.15, 0.2) is 18.2 Å². The summed E-state index contributed by atoms with van der Waals surface area (Å²) >= 11 is 0. The van der Waals surface area contributed by atoms with Crippen molar-refractivity contribution in [1.29, 1.82) is 0 Å². The number of nitrogens with one attached hydrogen (secondary N) is 1. The fourth-order valence-electron chi connectivity index (χ4n) is 2.84. The summed E-state index contributed by atoms with van der Waals surface area (Å²) in [6.07, 6.45) is 1.16. The second-order valence-electron chi connectivity index (χ2n) is 6.77. The van der Waals surface area contributed by atoms with E-state index in [0.29, 0.717) is 55.5 Å². The van der Waals surface area contributed by atoms with Gasteiger partial charge in [0.2, 0.25) is 6.79 Å². The van der Waals surface area contributed by atoms with Crippen LogP contribution in [0.3, 0.4) is 0 Å². The van der Waals surface area contributed by atoms with Crippen LogP contribution in [0, 0.1) is 5.92 Å². The molecule has 2 heterocycles. The van der Waals surface area contributed by atoms with Gasteiger partial charge in [0.05, 0.1) is 6.61 Å². The van der Waals surface area contributed by atoms with Gasteiger partial charge in [0.25, 0.3) is 5.91 Å². The standard InChI is InChI=1S/C18H24N2O5/c1-12(2)10-23-18(22)20-7-5-14(6-8-20)19-17(21)13-3-4-15-16(9-13)25-11-24-15/h3-4,9,12,14H,5-8,10-11H2,1-2H3,(H,19,21). The molecule has 0 atom stereocenters. The van der Waals surface area contributed by atoms with Crippen LogP contribution in [0.4, 0.5) is 4.79 Å². The maximum Gasteiger partial charge on any atom is 0.409 e.